The quantitative estimate of drug-likeness (QED) is 0.155. The van der Waals surface area contributed by atoms with E-state index >= 15 is 0 Å². The molecule has 13 rings (SSSR count). The van der Waals surface area contributed by atoms with Gasteiger partial charge in [0.15, 0.2) is 5.58 Å². The molecular formula is C68H65BN4O. The van der Waals surface area contributed by atoms with Crippen molar-refractivity contribution in [2.24, 2.45) is 0 Å². The van der Waals surface area contributed by atoms with Gasteiger partial charge in [-0.3, -0.25) is 0 Å². The van der Waals surface area contributed by atoms with Gasteiger partial charge in [-0.25, -0.2) is 0 Å². The summed E-state index contributed by atoms with van der Waals surface area (Å²) in [6, 6.07) is 68.5. The Kier molecular flexibility index (Phi) is 10.5. The van der Waals surface area contributed by atoms with E-state index in [0.29, 0.717) is 0 Å². The molecule has 1 aliphatic carbocycles. The number of fused-ring (bicyclic) bond motifs is 9. The highest BCUT2D eigenvalue weighted by molar-refractivity contribution is 7.00. The molecular weight excluding hydrogens is 900 g/mol. The molecule has 0 bridgehead atoms. The molecule has 4 heterocycles. The lowest BCUT2D eigenvalue weighted by Gasteiger charge is -2.44. The number of aromatic nitrogens is 1. The first kappa shape index (κ1) is 46.1. The molecule has 0 spiro atoms. The van der Waals surface area contributed by atoms with E-state index in [1.807, 2.05) is 0 Å². The third-order valence-corrected chi connectivity index (χ3v) is 16.2. The standard InChI is InChI=1S/C68H65BN4O/c1-66(2,3)44-33-37-48(38-34-44)70(49-39-35-45(36-40-49)67(4,5)6)50-41-42-55-60(43-50)73(59-32-19-27-52-51-26-18-28-54(68(7,8)9)63(51)74-64(52)59)58-31-20-30-57-61(58)69(55)65-62(71(57)46-21-12-10-13-22-46)53-25-16-17-29-56(53)72(65)47-23-14-11-15-24-47/h10-15,18-24,26-28,30-43H,16-17,25,29H2,1-9H3. The SMILES string of the molecule is CC(C)(C)c1ccc(N(c2ccc(C(C)(C)C)cc2)c2ccc3c(c2)N(c2cccc4c2oc2c(C(C)(C)C)cccc24)c2cccc4c2B3c2c(c3c(n2-c2ccccc2)CCCC3)N4c2ccccc2)cc1. The number of hydrogen-bond acceptors (Lipinski definition) is 4. The number of hydrogen-bond donors (Lipinski definition) is 0. The van der Waals surface area contributed by atoms with E-state index in [1.54, 1.807) is 0 Å². The van der Waals surface area contributed by atoms with Crippen molar-refractivity contribution in [1.82, 2.24) is 4.57 Å². The maximum absolute atomic E-state index is 7.33. The van der Waals surface area contributed by atoms with Gasteiger partial charge in [0.2, 0.25) is 0 Å². The minimum atomic E-state index is -0.114. The van der Waals surface area contributed by atoms with Crippen molar-refractivity contribution in [3.8, 4) is 5.69 Å². The average Bonchev–Trinajstić information content (AvgIpc) is 3.98. The summed E-state index contributed by atoms with van der Waals surface area (Å²) >= 11 is 0. The predicted octanol–water partition coefficient (Wildman–Crippen LogP) is 16.7. The Bertz CT molecular complexity index is 3730. The molecule has 0 radical (unpaired) electrons. The Morgan fingerprint density at radius 3 is 1.62 bits per heavy atom. The van der Waals surface area contributed by atoms with Gasteiger partial charge in [0.05, 0.1) is 11.4 Å². The first-order valence-electron chi connectivity index (χ1n) is 26.8. The minimum absolute atomic E-state index is 0.0210. The topological polar surface area (TPSA) is 27.8 Å². The number of anilines is 9. The summed E-state index contributed by atoms with van der Waals surface area (Å²) < 4.78 is 10.00. The Morgan fingerprint density at radius 2 is 1.00 bits per heavy atom. The number of rotatable bonds is 6. The molecule has 0 amide bonds. The van der Waals surface area contributed by atoms with Crippen LogP contribution >= 0.6 is 0 Å². The van der Waals surface area contributed by atoms with Crippen molar-refractivity contribution in [1.29, 1.82) is 0 Å². The molecule has 0 fully saturated rings. The molecule has 8 aromatic carbocycles. The van der Waals surface area contributed by atoms with Gasteiger partial charge in [0, 0.05) is 73.1 Å². The summed E-state index contributed by atoms with van der Waals surface area (Å²) in [6.07, 6.45) is 4.43. The molecule has 74 heavy (non-hydrogen) atoms. The van der Waals surface area contributed by atoms with Crippen molar-refractivity contribution < 1.29 is 4.42 Å². The van der Waals surface area contributed by atoms with Crippen molar-refractivity contribution in [2.75, 3.05) is 14.7 Å². The number of para-hydroxylation sites is 4. The van der Waals surface area contributed by atoms with Gasteiger partial charge >= 0.3 is 0 Å². The molecule has 0 saturated heterocycles. The fourth-order valence-electron chi connectivity index (χ4n) is 12.6. The highest BCUT2D eigenvalue weighted by Gasteiger charge is 2.48. The molecule has 2 aromatic heterocycles. The number of furan rings is 1. The van der Waals surface area contributed by atoms with Crippen LogP contribution in [0, 0.1) is 0 Å². The van der Waals surface area contributed by atoms with E-state index < -0.39 is 0 Å². The van der Waals surface area contributed by atoms with Crippen LogP contribution in [0.5, 0.6) is 0 Å². The smallest absolute Gasteiger partial charge is 0.273 e. The van der Waals surface area contributed by atoms with E-state index in [4.69, 9.17) is 4.42 Å². The molecule has 366 valence electrons. The first-order chi connectivity index (χ1) is 35.6. The maximum atomic E-state index is 7.33. The fraction of sp³-hybridized carbons (Fsp3) is 0.235. The molecule has 2 aliphatic heterocycles. The van der Waals surface area contributed by atoms with Crippen molar-refractivity contribution >= 4 is 96.4 Å². The van der Waals surface area contributed by atoms with Gasteiger partial charge in [0.25, 0.3) is 6.71 Å². The largest absolute Gasteiger partial charge is 0.454 e. The van der Waals surface area contributed by atoms with Crippen molar-refractivity contribution in [3.05, 3.63) is 210 Å². The molecule has 0 N–H and O–H groups in total. The maximum Gasteiger partial charge on any atom is 0.273 e. The number of benzene rings is 8. The van der Waals surface area contributed by atoms with E-state index in [2.05, 4.69) is 264 Å². The van der Waals surface area contributed by atoms with Crippen LogP contribution in [0.25, 0.3) is 27.6 Å². The highest BCUT2D eigenvalue weighted by Crippen LogP contribution is 2.51. The summed E-state index contributed by atoms with van der Waals surface area (Å²) in [4.78, 5) is 7.60. The highest BCUT2D eigenvalue weighted by atomic mass is 16.3. The second-order valence-electron chi connectivity index (χ2n) is 24.0. The number of nitrogens with zero attached hydrogens (tertiary/aromatic N) is 4. The first-order valence-corrected chi connectivity index (χ1v) is 26.8. The van der Waals surface area contributed by atoms with Crippen LogP contribution in [-0.2, 0) is 29.1 Å². The van der Waals surface area contributed by atoms with E-state index in [-0.39, 0.29) is 23.0 Å². The van der Waals surface area contributed by atoms with Gasteiger partial charge in [-0.1, -0.05) is 165 Å². The van der Waals surface area contributed by atoms with Crippen LogP contribution in [-0.4, -0.2) is 11.3 Å². The van der Waals surface area contributed by atoms with E-state index in [0.717, 1.165) is 68.9 Å². The molecule has 0 atom stereocenters. The Morgan fingerprint density at radius 1 is 0.459 bits per heavy atom. The summed E-state index contributed by atoms with van der Waals surface area (Å²) in [5.74, 6) is 0. The molecule has 3 aliphatic rings. The zero-order valence-electron chi connectivity index (χ0n) is 44.4. The lowest BCUT2D eigenvalue weighted by molar-refractivity contribution is 0.573. The second kappa shape index (κ2) is 16.9. The van der Waals surface area contributed by atoms with E-state index in [1.165, 1.54) is 80.1 Å². The van der Waals surface area contributed by atoms with Crippen LogP contribution in [0.15, 0.2) is 186 Å². The lowest BCUT2D eigenvalue weighted by Crippen LogP contribution is -2.63. The monoisotopic (exact) mass is 965 g/mol. The minimum Gasteiger partial charge on any atom is -0.454 e. The third-order valence-electron chi connectivity index (χ3n) is 16.2. The zero-order valence-corrected chi connectivity index (χ0v) is 44.4. The summed E-state index contributed by atoms with van der Waals surface area (Å²) in [5, 5.41) is 2.26. The molecule has 6 heteroatoms. The summed E-state index contributed by atoms with van der Waals surface area (Å²) in [6.45, 7) is 20.5. The van der Waals surface area contributed by atoms with Gasteiger partial charge in [-0.2, -0.15) is 0 Å². The lowest BCUT2D eigenvalue weighted by atomic mass is 9.35. The summed E-state index contributed by atoms with van der Waals surface area (Å²) in [5.41, 5.74) is 24.0. The van der Waals surface area contributed by atoms with Crippen LogP contribution in [0.3, 0.4) is 0 Å². The van der Waals surface area contributed by atoms with Gasteiger partial charge in [-0.05, 0) is 148 Å². The molecule has 10 aromatic rings. The van der Waals surface area contributed by atoms with Gasteiger partial charge in [0.1, 0.15) is 5.58 Å². The van der Waals surface area contributed by atoms with Crippen LogP contribution in [0.1, 0.15) is 103 Å². The molecule has 5 nitrogen and oxygen atoms in total. The molecule has 0 unspecified atom stereocenters. The zero-order chi connectivity index (χ0) is 50.8. The Labute approximate surface area is 437 Å². The van der Waals surface area contributed by atoms with Crippen molar-refractivity contribution in [3.63, 3.8) is 0 Å². The van der Waals surface area contributed by atoms with Crippen LogP contribution in [0.4, 0.5) is 51.2 Å². The fourth-order valence-corrected chi connectivity index (χ4v) is 12.6. The van der Waals surface area contributed by atoms with Crippen LogP contribution in [0.2, 0.25) is 0 Å². The Hall–Kier alpha value is -7.70. The predicted molar refractivity (Wildman–Crippen MR) is 314 cm³/mol. The van der Waals surface area contributed by atoms with Crippen LogP contribution < -0.4 is 31.2 Å². The molecule has 0 saturated carbocycles. The normalized spacial score (nSPS) is 14.3. The Balaban J connectivity index is 1.13. The van der Waals surface area contributed by atoms with Crippen molar-refractivity contribution in [2.45, 2.75) is 104 Å². The van der Waals surface area contributed by atoms with Gasteiger partial charge in [-0.15, -0.1) is 0 Å². The average molecular weight is 965 g/mol. The second-order valence-corrected chi connectivity index (χ2v) is 24.0. The third kappa shape index (κ3) is 7.27. The van der Waals surface area contributed by atoms with E-state index in [9.17, 15) is 0 Å². The summed E-state index contributed by atoms with van der Waals surface area (Å²) in [7, 11) is 0. The van der Waals surface area contributed by atoms with Gasteiger partial charge < -0.3 is 23.7 Å².